The number of hydrogen-bond donors (Lipinski definition) is 7. The van der Waals surface area contributed by atoms with Crippen LogP contribution in [0.5, 0.6) is 11.5 Å². The number of aromatic nitrogens is 1. The van der Waals surface area contributed by atoms with Gasteiger partial charge in [-0.15, -0.1) is 11.3 Å². The van der Waals surface area contributed by atoms with Crippen molar-refractivity contribution in [3.63, 3.8) is 0 Å². The van der Waals surface area contributed by atoms with Crippen LogP contribution in [0.3, 0.4) is 0 Å². The molecule has 0 radical (unpaired) electrons. The van der Waals surface area contributed by atoms with Crippen molar-refractivity contribution in [1.82, 2.24) is 30.5 Å². The molecular weight excluding hydrogens is 676 g/mol. The number of aromatic hydroxyl groups is 2. The first-order valence-corrected chi connectivity index (χ1v) is 15.1. The van der Waals surface area contributed by atoms with Crippen molar-refractivity contribution in [2.24, 2.45) is 5.16 Å². The highest BCUT2D eigenvalue weighted by molar-refractivity contribution is 8.01. The number of amides is 5. The van der Waals surface area contributed by atoms with Crippen LogP contribution >= 0.6 is 34.7 Å². The van der Waals surface area contributed by atoms with Crippen LogP contribution in [-0.4, -0.2) is 125 Å². The van der Waals surface area contributed by atoms with Crippen molar-refractivity contribution in [3.8, 4) is 11.5 Å². The Morgan fingerprint density at radius 3 is 2.50 bits per heavy atom. The van der Waals surface area contributed by atoms with Crippen molar-refractivity contribution in [2.45, 2.75) is 29.8 Å². The minimum absolute atomic E-state index is 0.0591. The summed E-state index contributed by atoms with van der Waals surface area (Å²) in [6.07, 6.45) is -1.44. The molecule has 2 aromatic rings. The number of carbonyl (C=O) groups excluding carboxylic acids is 4. The van der Waals surface area contributed by atoms with Gasteiger partial charge in [-0.1, -0.05) is 28.5 Å². The number of nitrogens with two attached hydrogens (primary N) is 1. The van der Waals surface area contributed by atoms with Gasteiger partial charge >= 0.3 is 18.0 Å². The van der Waals surface area contributed by atoms with Gasteiger partial charge in [0.2, 0.25) is 12.0 Å². The highest BCUT2D eigenvalue weighted by atomic mass is 35.5. The molecule has 2 aliphatic rings. The number of likely N-dealkylation sites (tertiary alicyclic amines) is 1. The second kappa shape index (κ2) is 13.5. The molecule has 19 nitrogen and oxygen atoms in total. The molecule has 22 heteroatoms. The zero-order chi connectivity index (χ0) is 34.0. The third-order valence-corrected chi connectivity index (χ3v) is 9.21. The Balaban J connectivity index is 1.47. The number of urea groups is 1. The summed E-state index contributed by atoms with van der Waals surface area (Å²) in [6, 6.07) is -0.0967. The Bertz CT molecular complexity index is 1640. The normalized spacial score (nSPS) is 19.4. The number of hydrazine groups is 1. The second-order valence-corrected chi connectivity index (χ2v) is 12.0. The summed E-state index contributed by atoms with van der Waals surface area (Å²) >= 11 is 7.52. The fraction of sp³-hybridized carbons (Fsp3) is 0.333. The van der Waals surface area contributed by atoms with Crippen LogP contribution in [0.25, 0.3) is 0 Å². The number of hydrogen-bond acceptors (Lipinski definition) is 14. The summed E-state index contributed by atoms with van der Waals surface area (Å²) in [7, 11) is 1.35. The fourth-order valence-corrected chi connectivity index (χ4v) is 6.23. The number of thiazole rings is 1. The molecule has 0 bridgehead atoms. The molecule has 3 heterocycles. The maximum atomic E-state index is 13.2. The molecule has 5 amide bonds. The average Bonchev–Trinajstić information content (AvgIpc) is 3.59. The second-order valence-electron chi connectivity index (χ2n) is 9.58. The molecule has 0 saturated carbocycles. The largest absolute Gasteiger partial charge is 0.504 e. The quantitative estimate of drug-likeness (QED) is 0.0636. The number of carbonyl (C=O) groups is 6. The number of oxime groups is 1. The maximum absolute atomic E-state index is 13.2. The van der Waals surface area contributed by atoms with E-state index in [0.717, 1.165) is 38.3 Å². The van der Waals surface area contributed by atoms with Crippen molar-refractivity contribution in [2.75, 3.05) is 25.9 Å². The number of nitrogens with one attached hydrogen (secondary N) is 2. The molecule has 2 aliphatic heterocycles. The lowest BCUT2D eigenvalue weighted by molar-refractivity contribution is -0.149. The smallest absolute Gasteiger partial charge is 0.347 e. The molecule has 1 aromatic carbocycles. The van der Waals surface area contributed by atoms with Crippen LogP contribution in [-0.2, 0) is 24.0 Å². The Kier molecular flexibility index (Phi) is 9.97. The van der Waals surface area contributed by atoms with Gasteiger partial charge < -0.3 is 41.2 Å². The lowest BCUT2D eigenvalue weighted by atomic mass is 10.1. The van der Waals surface area contributed by atoms with Crippen LogP contribution < -0.4 is 16.5 Å². The summed E-state index contributed by atoms with van der Waals surface area (Å²) in [6.45, 7) is 0.848. The predicted molar refractivity (Wildman–Crippen MR) is 160 cm³/mol. The molecule has 4 rings (SSSR count). The number of likely N-dealkylation sites (N-methyl/N-ethyl adjacent to an activating group) is 1. The number of aliphatic carboxylic acids is 2. The lowest BCUT2D eigenvalue weighted by Crippen LogP contribution is -2.69. The van der Waals surface area contributed by atoms with Crippen LogP contribution in [0.4, 0.5) is 9.93 Å². The summed E-state index contributed by atoms with van der Waals surface area (Å²) in [5, 5.41) is 43.6. The van der Waals surface area contributed by atoms with E-state index in [9.17, 15) is 44.1 Å². The van der Waals surface area contributed by atoms with Crippen molar-refractivity contribution < 1.29 is 54.0 Å². The number of phenolic OH excluding ortho intramolecular Hbond substituents is 2. The Labute approximate surface area is 271 Å². The monoisotopic (exact) mass is 700 g/mol. The van der Waals surface area contributed by atoms with Gasteiger partial charge in [-0.05, 0) is 19.1 Å². The van der Waals surface area contributed by atoms with E-state index in [1.165, 1.54) is 19.4 Å². The maximum Gasteiger partial charge on any atom is 0.347 e. The van der Waals surface area contributed by atoms with Gasteiger partial charge in [-0.2, -0.15) is 0 Å². The van der Waals surface area contributed by atoms with Gasteiger partial charge in [-0.3, -0.25) is 24.7 Å². The number of thioether (sulfide) groups is 1. The first-order chi connectivity index (χ1) is 21.6. The summed E-state index contributed by atoms with van der Waals surface area (Å²) in [5.74, 6) is -6.69. The first-order valence-electron chi connectivity index (χ1n) is 12.9. The highest BCUT2D eigenvalue weighted by Crippen LogP contribution is 2.36. The Morgan fingerprint density at radius 1 is 1.20 bits per heavy atom. The first kappa shape index (κ1) is 33.9. The molecule has 1 aromatic heterocycles. The van der Waals surface area contributed by atoms with E-state index in [0.29, 0.717) is 11.8 Å². The molecule has 0 spiro atoms. The number of β-lactam (4-membered cyclic amide) rings is 1. The number of carboxylic acid groups (broad SMARTS) is 2. The van der Waals surface area contributed by atoms with Gasteiger partial charge in [0, 0.05) is 19.0 Å². The average molecular weight is 701 g/mol. The van der Waals surface area contributed by atoms with Crippen LogP contribution in [0.2, 0.25) is 5.02 Å². The minimum atomic E-state index is -1.60. The predicted octanol–water partition coefficient (Wildman–Crippen LogP) is -0.507. The molecule has 0 aliphatic carbocycles. The van der Waals surface area contributed by atoms with E-state index < -0.39 is 80.8 Å². The van der Waals surface area contributed by atoms with E-state index in [1.54, 1.807) is 0 Å². The number of halogens is 1. The number of rotatable bonds is 12. The third-order valence-electron chi connectivity index (χ3n) is 6.58. The zero-order valence-electron chi connectivity index (χ0n) is 23.6. The molecule has 2 saturated heterocycles. The van der Waals surface area contributed by atoms with Crippen LogP contribution in [0, 0.1) is 0 Å². The summed E-state index contributed by atoms with van der Waals surface area (Å²) in [5.41, 5.74) is 7.08. The molecule has 4 atom stereocenters. The van der Waals surface area contributed by atoms with Crippen molar-refractivity contribution in [3.05, 3.63) is 33.8 Å². The summed E-state index contributed by atoms with van der Waals surface area (Å²) in [4.78, 5) is 86.1. The van der Waals surface area contributed by atoms with Crippen LogP contribution in [0.1, 0.15) is 23.0 Å². The molecule has 8 N–H and O–H groups in total. The van der Waals surface area contributed by atoms with E-state index in [1.807, 2.05) is 0 Å². The number of benzene rings is 1. The SMILES string of the molecule is CC(O/N=C(\C(=O)N[C@@H]1C(=O)N(C)C1SC(C(=O)O)N1CCN(NC(=O)c2ccc(O)c(O)c2Cl)C1=O)c1csc(N)n1)C(=O)O. The fourth-order valence-electron chi connectivity index (χ4n) is 4.08. The standard InChI is InChI=1S/C24H25ClN8O11S2/c1-8(21(39)40)44-30-13(10-7-45-23(26)27-10)17(37)28-14-18(38)31(2)19(14)46-20(22(41)42)32-5-6-33(24(32)43)29-16(36)9-3-4-11(34)15(35)12(9)25/h3-4,7-8,14,19-20,34-35H,5-6H2,1-2H3,(H2,26,27)(H,28,37)(H,29,36)(H,39,40)(H,41,42)/b30-13-/t8?,14-,19?,20?/m1/s1. The van der Waals surface area contributed by atoms with Crippen LogP contribution in [0.15, 0.2) is 22.7 Å². The number of carboxylic acids is 2. The molecule has 2 fully saturated rings. The zero-order valence-corrected chi connectivity index (χ0v) is 26.0. The van der Waals surface area contributed by atoms with E-state index in [4.69, 9.17) is 27.3 Å². The summed E-state index contributed by atoms with van der Waals surface area (Å²) < 4.78 is 0. The highest BCUT2D eigenvalue weighted by Gasteiger charge is 2.51. The van der Waals surface area contributed by atoms with Crippen molar-refractivity contribution in [1.29, 1.82) is 0 Å². The number of nitrogen functional groups attached to an aromatic ring is 1. The van der Waals surface area contributed by atoms with E-state index in [2.05, 4.69) is 20.9 Å². The number of phenols is 2. The third kappa shape index (κ3) is 6.79. The van der Waals surface area contributed by atoms with Gasteiger partial charge in [0.25, 0.3) is 11.8 Å². The minimum Gasteiger partial charge on any atom is -0.504 e. The lowest BCUT2D eigenvalue weighted by Gasteiger charge is -2.45. The van der Waals surface area contributed by atoms with Gasteiger partial charge in [0.1, 0.15) is 17.1 Å². The molecule has 3 unspecified atom stereocenters. The topological polar surface area (TPSA) is 278 Å². The van der Waals surface area contributed by atoms with Crippen molar-refractivity contribution >= 4 is 81.2 Å². The number of nitrogens with zero attached hydrogens (tertiary/aromatic N) is 5. The van der Waals surface area contributed by atoms with Gasteiger partial charge in [0.15, 0.2) is 27.7 Å². The van der Waals surface area contributed by atoms with E-state index >= 15 is 0 Å². The van der Waals surface area contributed by atoms with Gasteiger partial charge in [0.05, 0.1) is 17.1 Å². The Morgan fingerprint density at radius 2 is 1.89 bits per heavy atom. The number of anilines is 1. The molecule has 46 heavy (non-hydrogen) atoms. The Hall–Kier alpha value is -5.02. The van der Waals surface area contributed by atoms with E-state index in [-0.39, 0.29) is 29.5 Å². The molecule has 246 valence electrons. The van der Waals surface area contributed by atoms with Gasteiger partial charge in [-0.25, -0.2) is 24.4 Å². The molecular formula is C24H25ClN8O11S2.